The van der Waals surface area contributed by atoms with Crippen molar-refractivity contribution in [3.05, 3.63) is 0 Å². The van der Waals surface area contributed by atoms with Gasteiger partial charge in [-0.3, -0.25) is 4.74 Å². The van der Waals surface area contributed by atoms with E-state index in [1.165, 1.54) is 0 Å². The van der Waals surface area contributed by atoms with Crippen LogP contribution in [0.3, 0.4) is 0 Å². The van der Waals surface area contributed by atoms with Gasteiger partial charge in [-0.15, -0.1) is 0 Å². The topological polar surface area (TPSA) is 64.6 Å². The third-order valence-electron chi connectivity index (χ3n) is 4.39. The Balaban J connectivity index is 2.88. The van der Waals surface area contributed by atoms with E-state index in [-0.39, 0.29) is 5.73 Å². The first-order valence-electron chi connectivity index (χ1n) is 11.0. The van der Waals surface area contributed by atoms with Gasteiger partial charge in [0.1, 0.15) is 5.73 Å². The van der Waals surface area contributed by atoms with Crippen LogP contribution >= 0.6 is 0 Å². The molecule has 0 radical (unpaired) electrons. The summed E-state index contributed by atoms with van der Waals surface area (Å²) in [5, 5.41) is 0. The van der Waals surface area contributed by atoms with Crippen molar-refractivity contribution in [1.82, 2.24) is 0 Å². The van der Waals surface area contributed by atoms with E-state index in [2.05, 4.69) is 20.8 Å². The molecule has 1 rings (SSSR count). The van der Waals surface area contributed by atoms with E-state index in [4.69, 9.17) is 32.2 Å². The third-order valence-corrected chi connectivity index (χ3v) is 7.34. The molecule has 168 valence electrons. The Kier molecular flexibility index (Phi) is 13.0. The predicted octanol–water partition coefficient (Wildman–Crippen LogP) is 4.40. The average Bonchev–Trinajstić information content (AvgIpc) is 2.73. The molecule has 0 N–H and O–H groups in total. The van der Waals surface area contributed by atoms with Gasteiger partial charge in [0, 0.05) is 26.2 Å². The fourth-order valence-corrected chi connectivity index (χ4v) is 5.58. The Labute approximate surface area is 172 Å². The van der Waals surface area contributed by atoms with Crippen molar-refractivity contribution >= 4 is 8.80 Å². The summed E-state index contributed by atoms with van der Waals surface area (Å²) in [6.45, 7) is 15.2. The lowest BCUT2D eigenvalue weighted by Gasteiger charge is -2.40. The summed E-state index contributed by atoms with van der Waals surface area (Å²) in [4.78, 5) is 0. The molecule has 0 aromatic rings. The molecule has 1 fully saturated rings. The highest BCUT2D eigenvalue weighted by Crippen LogP contribution is 2.29. The molecule has 0 saturated carbocycles. The van der Waals surface area contributed by atoms with E-state index >= 15 is 0 Å². The van der Waals surface area contributed by atoms with Crippen LogP contribution in [0.25, 0.3) is 0 Å². The Hall–Kier alpha value is -0.0631. The van der Waals surface area contributed by atoms with Gasteiger partial charge in [0.25, 0.3) is 5.97 Å². The Morgan fingerprint density at radius 1 is 0.857 bits per heavy atom. The minimum Gasteiger partial charge on any atom is -0.372 e. The number of ether oxygens (including phenoxy) is 4. The van der Waals surface area contributed by atoms with Gasteiger partial charge in [0.15, 0.2) is 6.29 Å². The Bertz CT molecular complexity index is 369. The summed E-state index contributed by atoms with van der Waals surface area (Å²) in [7, 11) is -3.03. The molecule has 2 unspecified atom stereocenters. The van der Waals surface area contributed by atoms with Crippen molar-refractivity contribution in [3.63, 3.8) is 0 Å². The summed E-state index contributed by atoms with van der Waals surface area (Å²) in [6, 6.07) is 0. The molecule has 1 aliphatic heterocycles. The molecule has 0 aliphatic carbocycles. The smallest absolute Gasteiger partial charge is 0.372 e. The summed E-state index contributed by atoms with van der Waals surface area (Å²) in [5.74, 6) is -1.04. The van der Waals surface area contributed by atoms with E-state index in [0.717, 1.165) is 25.7 Å². The number of hydrogen-bond donors (Lipinski definition) is 0. The van der Waals surface area contributed by atoms with E-state index in [1.807, 2.05) is 20.8 Å². The van der Waals surface area contributed by atoms with Crippen LogP contribution in [0.5, 0.6) is 0 Å². The average molecular weight is 423 g/mol. The number of hydrogen-bond acceptors (Lipinski definition) is 7. The first-order valence-corrected chi connectivity index (χ1v) is 12.8. The Morgan fingerprint density at radius 2 is 1.36 bits per heavy atom. The van der Waals surface area contributed by atoms with Gasteiger partial charge >= 0.3 is 8.80 Å². The molecule has 2 atom stereocenters. The van der Waals surface area contributed by atoms with E-state index in [0.29, 0.717) is 45.9 Å². The molecule has 0 bridgehead atoms. The van der Waals surface area contributed by atoms with Crippen LogP contribution in [0.4, 0.5) is 0 Å². The SMILES string of the molecule is CCCO[Si](OCCC)(OCCC)C(C)OC(CC)OC1(CC)OCCCO1. The molecular weight excluding hydrogens is 380 g/mol. The Morgan fingerprint density at radius 3 is 1.75 bits per heavy atom. The maximum atomic E-state index is 6.29. The monoisotopic (exact) mass is 422 g/mol. The molecule has 7 nitrogen and oxygen atoms in total. The first-order chi connectivity index (χ1) is 13.5. The van der Waals surface area contributed by atoms with Gasteiger partial charge in [0.05, 0.1) is 13.2 Å². The zero-order valence-electron chi connectivity index (χ0n) is 18.8. The lowest BCUT2D eigenvalue weighted by Crippen LogP contribution is -2.58. The highest BCUT2D eigenvalue weighted by Gasteiger charge is 2.50. The maximum absolute atomic E-state index is 6.29. The fourth-order valence-electron chi connectivity index (χ4n) is 2.84. The first kappa shape index (κ1) is 26.0. The van der Waals surface area contributed by atoms with Crippen molar-refractivity contribution in [1.29, 1.82) is 0 Å². The molecular formula is C20H42O7Si. The van der Waals surface area contributed by atoms with Crippen LogP contribution in [0, 0.1) is 0 Å². The summed E-state index contributed by atoms with van der Waals surface area (Å²) in [6.07, 6.45) is 4.28. The van der Waals surface area contributed by atoms with E-state index in [1.54, 1.807) is 0 Å². The molecule has 0 aromatic carbocycles. The van der Waals surface area contributed by atoms with Crippen LogP contribution in [-0.4, -0.2) is 59.8 Å². The van der Waals surface area contributed by atoms with Crippen LogP contribution < -0.4 is 0 Å². The van der Waals surface area contributed by atoms with Crippen LogP contribution in [-0.2, 0) is 32.2 Å². The predicted molar refractivity (Wildman–Crippen MR) is 110 cm³/mol. The van der Waals surface area contributed by atoms with Gasteiger partial charge in [-0.2, -0.15) is 0 Å². The van der Waals surface area contributed by atoms with Crippen molar-refractivity contribution in [3.8, 4) is 0 Å². The third kappa shape index (κ3) is 7.99. The normalized spacial score (nSPS) is 19.5. The molecule has 1 aliphatic rings. The molecule has 8 heteroatoms. The summed E-state index contributed by atoms with van der Waals surface area (Å²) < 4.78 is 42.6. The number of rotatable bonds is 16. The zero-order valence-corrected chi connectivity index (χ0v) is 19.8. The highest BCUT2D eigenvalue weighted by atomic mass is 28.4. The molecule has 28 heavy (non-hydrogen) atoms. The lowest BCUT2D eigenvalue weighted by molar-refractivity contribution is -0.436. The molecule has 0 aromatic heterocycles. The zero-order chi connectivity index (χ0) is 20.9. The maximum Gasteiger partial charge on any atom is 0.531 e. The fraction of sp³-hybridized carbons (Fsp3) is 1.00. The van der Waals surface area contributed by atoms with Gasteiger partial charge in [-0.1, -0.05) is 34.6 Å². The second-order valence-electron chi connectivity index (χ2n) is 6.97. The molecule has 0 amide bonds. The van der Waals surface area contributed by atoms with Crippen LogP contribution in [0.15, 0.2) is 0 Å². The molecule has 1 heterocycles. The largest absolute Gasteiger partial charge is 0.531 e. The highest BCUT2D eigenvalue weighted by molar-refractivity contribution is 6.62. The second-order valence-corrected chi connectivity index (χ2v) is 9.86. The van der Waals surface area contributed by atoms with Crippen molar-refractivity contribution in [2.24, 2.45) is 0 Å². The summed E-state index contributed by atoms with van der Waals surface area (Å²) in [5.41, 5.74) is -0.361. The second kappa shape index (κ2) is 14.0. The summed E-state index contributed by atoms with van der Waals surface area (Å²) >= 11 is 0. The minimum absolute atomic E-state index is 0.361. The van der Waals surface area contributed by atoms with Crippen LogP contribution in [0.1, 0.15) is 80.1 Å². The van der Waals surface area contributed by atoms with Crippen LogP contribution in [0.2, 0.25) is 0 Å². The molecule has 0 spiro atoms. The minimum atomic E-state index is -3.03. The van der Waals surface area contributed by atoms with E-state index < -0.39 is 21.1 Å². The van der Waals surface area contributed by atoms with Crippen molar-refractivity contribution in [2.75, 3.05) is 33.0 Å². The van der Waals surface area contributed by atoms with Crippen molar-refractivity contribution < 1.29 is 32.2 Å². The van der Waals surface area contributed by atoms with Gasteiger partial charge in [0.2, 0.25) is 0 Å². The van der Waals surface area contributed by atoms with Crippen molar-refractivity contribution in [2.45, 2.75) is 98.1 Å². The van der Waals surface area contributed by atoms with Gasteiger partial charge in [-0.25, -0.2) is 0 Å². The molecule has 1 saturated heterocycles. The van der Waals surface area contributed by atoms with Gasteiger partial charge < -0.3 is 27.5 Å². The standard InChI is InChI=1S/C20H42O7Si/c1-7-13-23-28(24-14-8-2,25-15-9-3)18(6)26-19(10-4)27-20(11-5)21-16-12-17-22-20/h18-19H,7-17H2,1-6H3. The lowest BCUT2D eigenvalue weighted by atomic mass is 10.3. The van der Waals surface area contributed by atoms with E-state index in [9.17, 15) is 0 Å². The van der Waals surface area contributed by atoms with Gasteiger partial charge in [-0.05, 0) is 39.0 Å². The quantitative estimate of drug-likeness (QED) is 0.270.